The van der Waals surface area contributed by atoms with Crippen molar-refractivity contribution in [2.75, 3.05) is 19.0 Å². The van der Waals surface area contributed by atoms with Gasteiger partial charge in [-0.25, -0.2) is 0 Å². The maximum absolute atomic E-state index is 9.17. The van der Waals surface area contributed by atoms with Gasteiger partial charge in [-0.15, -0.1) is 0 Å². The molecule has 0 aliphatic carbocycles. The molecular formula is C11H17NO. The van der Waals surface area contributed by atoms with Gasteiger partial charge in [-0.05, 0) is 31.0 Å². The number of hydrogen-bond acceptors (Lipinski definition) is 2. The van der Waals surface area contributed by atoms with E-state index < -0.39 is 0 Å². The van der Waals surface area contributed by atoms with Crippen LogP contribution >= 0.6 is 0 Å². The van der Waals surface area contributed by atoms with Gasteiger partial charge in [-0.1, -0.05) is 12.1 Å². The van der Waals surface area contributed by atoms with Crippen molar-refractivity contribution in [3.63, 3.8) is 0 Å². The smallest absolute Gasteiger partial charge is 0.0552 e. The first-order valence-electron chi connectivity index (χ1n) is 4.54. The molecule has 1 N–H and O–H groups in total. The average Bonchev–Trinajstić information content (AvgIpc) is 2.04. The first kappa shape index (κ1) is 10.1. The Balaban J connectivity index is 2.70. The lowest BCUT2D eigenvalue weighted by atomic mass is 10.1. The lowest BCUT2D eigenvalue weighted by molar-refractivity contribution is 0.195. The number of hydrogen-bond donors (Lipinski definition) is 1. The molecule has 13 heavy (non-hydrogen) atoms. The highest BCUT2D eigenvalue weighted by molar-refractivity contribution is 5.46. The van der Waals surface area contributed by atoms with Crippen molar-refractivity contribution in [2.45, 2.75) is 19.4 Å². The molecule has 0 heterocycles. The first-order chi connectivity index (χ1) is 6.09. The Morgan fingerprint density at radius 1 is 1.23 bits per heavy atom. The van der Waals surface area contributed by atoms with Crippen molar-refractivity contribution in [1.82, 2.24) is 0 Å². The normalized spacial score (nSPS) is 12.6. The third-order valence-electron chi connectivity index (χ3n) is 1.98. The van der Waals surface area contributed by atoms with E-state index in [4.69, 9.17) is 0 Å². The Kier molecular flexibility index (Phi) is 3.32. The topological polar surface area (TPSA) is 23.5 Å². The monoisotopic (exact) mass is 179 g/mol. The second kappa shape index (κ2) is 4.28. The molecule has 1 atom stereocenters. The highest BCUT2D eigenvalue weighted by Gasteiger charge is 1.99. The molecule has 0 spiro atoms. The molecule has 0 bridgehead atoms. The van der Waals surface area contributed by atoms with E-state index in [1.165, 1.54) is 11.3 Å². The number of benzene rings is 1. The molecule has 1 aromatic rings. The van der Waals surface area contributed by atoms with Gasteiger partial charge in [-0.2, -0.15) is 0 Å². The predicted octanol–water partition coefficient (Wildman–Crippen LogP) is 1.68. The van der Waals surface area contributed by atoms with E-state index in [-0.39, 0.29) is 6.10 Å². The number of nitrogens with zero attached hydrogens (tertiary/aromatic N) is 1. The molecule has 72 valence electrons. The zero-order chi connectivity index (χ0) is 9.84. The summed E-state index contributed by atoms with van der Waals surface area (Å²) >= 11 is 0. The van der Waals surface area contributed by atoms with Gasteiger partial charge in [0, 0.05) is 19.8 Å². The van der Waals surface area contributed by atoms with Crippen LogP contribution in [0, 0.1) is 0 Å². The largest absolute Gasteiger partial charge is 0.393 e. The number of anilines is 1. The van der Waals surface area contributed by atoms with Crippen molar-refractivity contribution >= 4 is 5.69 Å². The fraction of sp³-hybridized carbons (Fsp3) is 0.455. The summed E-state index contributed by atoms with van der Waals surface area (Å²) < 4.78 is 0. The van der Waals surface area contributed by atoms with Gasteiger partial charge >= 0.3 is 0 Å². The number of rotatable bonds is 3. The summed E-state index contributed by atoms with van der Waals surface area (Å²) in [4.78, 5) is 2.06. The van der Waals surface area contributed by atoms with Crippen LogP contribution in [0.15, 0.2) is 24.3 Å². The molecule has 2 heteroatoms. The lowest BCUT2D eigenvalue weighted by Crippen LogP contribution is -2.09. The van der Waals surface area contributed by atoms with Gasteiger partial charge in [0.15, 0.2) is 0 Å². The van der Waals surface area contributed by atoms with Gasteiger partial charge in [-0.3, -0.25) is 0 Å². The Bertz CT molecular complexity index is 251. The van der Waals surface area contributed by atoms with Crippen LogP contribution in [0.4, 0.5) is 5.69 Å². The Hall–Kier alpha value is -1.02. The van der Waals surface area contributed by atoms with Crippen LogP contribution in [-0.2, 0) is 6.42 Å². The van der Waals surface area contributed by atoms with Crippen LogP contribution in [0.2, 0.25) is 0 Å². The third kappa shape index (κ3) is 3.07. The van der Waals surface area contributed by atoms with Gasteiger partial charge in [0.25, 0.3) is 0 Å². The molecule has 0 fully saturated rings. The standard InChI is InChI=1S/C11H17NO/c1-9(13)8-10-4-6-11(7-5-10)12(2)3/h4-7,9,13H,8H2,1-3H3/t9-/m1/s1. The summed E-state index contributed by atoms with van der Waals surface area (Å²) in [5.74, 6) is 0. The van der Waals surface area contributed by atoms with Crippen molar-refractivity contribution in [3.8, 4) is 0 Å². The molecule has 0 aliphatic heterocycles. The third-order valence-corrected chi connectivity index (χ3v) is 1.98. The summed E-state index contributed by atoms with van der Waals surface area (Å²) in [5.41, 5.74) is 2.37. The van der Waals surface area contributed by atoms with Crippen LogP contribution in [-0.4, -0.2) is 25.3 Å². The van der Waals surface area contributed by atoms with Gasteiger partial charge < -0.3 is 10.0 Å². The molecule has 1 rings (SSSR count). The van der Waals surface area contributed by atoms with Crippen LogP contribution < -0.4 is 4.90 Å². The molecular weight excluding hydrogens is 162 g/mol. The van der Waals surface area contributed by atoms with E-state index in [0.717, 1.165) is 6.42 Å². The minimum absolute atomic E-state index is 0.259. The number of aliphatic hydroxyl groups is 1. The minimum atomic E-state index is -0.259. The Morgan fingerprint density at radius 3 is 2.15 bits per heavy atom. The molecule has 1 aromatic carbocycles. The predicted molar refractivity (Wildman–Crippen MR) is 56.2 cm³/mol. The van der Waals surface area contributed by atoms with E-state index >= 15 is 0 Å². The van der Waals surface area contributed by atoms with Crippen LogP contribution in [0.3, 0.4) is 0 Å². The zero-order valence-electron chi connectivity index (χ0n) is 8.49. The van der Waals surface area contributed by atoms with Crippen molar-refractivity contribution in [3.05, 3.63) is 29.8 Å². The van der Waals surface area contributed by atoms with E-state index in [1.54, 1.807) is 6.92 Å². The van der Waals surface area contributed by atoms with Gasteiger partial charge in [0.1, 0.15) is 0 Å². The van der Waals surface area contributed by atoms with Crippen LogP contribution in [0.1, 0.15) is 12.5 Å². The van der Waals surface area contributed by atoms with E-state index in [0.29, 0.717) is 0 Å². The quantitative estimate of drug-likeness (QED) is 0.763. The second-order valence-electron chi connectivity index (χ2n) is 3.61. The van der Waals surface area contributed by atoms with E-state index in [9.17, 15) is 5.11 Å². The van der Waals surface area contributed by atoms with Crippen molar-refractivity contribution in [2.24, 2.45) is 0 Å². The SMILES string of the molecule is C[C@@H](O)Cc1ccc(N(C)C)cc1. The maximum atomic E-state index is 9.17. The summed E-state index contributed by atoms with van der Waals surface area (Å²) in [6.07, 6.45) is 0.471. The summed E-state index contributed by atoms with van der Waals surface area (Å²) in [7, 11) is 4.04. The fourth-order valence-corrected chi connectivity index (χ4v) is 1.27. The fourth-order valence-electron chi connectivity index (χ4n) is 1.27. The first-order valence-corrected chi connectivity index (χ1v) is 4.54. The molecule has 0 unspecified atom stereocenters. The highest BCUT2D eigenvalue weighted by Crippen LogP contribution is 2.13. The van der Waals surface area contributed by atoms with Crippen molar-refractivity contribution in [1.29, 1.82) is 0 Å². The Labute approximate surface area is 79.8 Å². The summed E-state index contributed by atoms with van der Waals surface area (Å²) in [6, 6.07) is 8.25. The minimum Gasteiger partial charge on any atom is -0.393 e. The van der Waals surface area contributed by atoms with Crippen molar-refractivity contribution < 1.29 is 5.11 Å². The molecule has 2 nitrogen and oxygen atoms in total. The molecule has 0 aromatic heterocycles. The summed E-state index contributed by atoms with van der Waals surface area (Å²) in [6.45, 7) is 1.81. The average molecular weight is 179 g/mol. The molecule has 0 radical (unpaired) electrons. The zero-order valence-corrected chi connectivity index (χ0v) is 8.49. The van der Waals surface area contributed by atoms with Crippen LogP contribution in [0.5, 0.6) is 0 Å². The van der Waals surface area contributed by atoms with Gasteiger partial charge in [0.05, 0.1) is 6.10 Å². The van der Waals surface area contributed by atoms with E-state index in [1.807, 2.05) is 14.1 Å². The lowest BCUT2D eigenvalue weighted by Gasteiger charge is -2.13. The second-order valence-corrected chi connectivity index (χ2v) is 3.61. The molecule has 0 aliphatic rings. The summed E-state index contributed by atoms with van der Waals surface area (Å²) in [5, 5.41) is 9.17. The molecule has 0 saturated heterocycles. The molecule has 0 amide bonds. The number of aliphatic hydroxyl groups excluding tert-OH is 1. The van der Waals surface area contributed by atoms with Gasteiger partial charge in [0.2, 0.25) is 0 Å². The Morgan fingerprint density at radius 2 is 1.77 bits per heavy atom. The van der Waals surface area contributed by atoms with E-state index in [2.05, 4.69) is 29.2 Å². The maximum Gasteiger partial charge on any atom is 0.0552 e. The highest BCUT2D eigenvalue weighted by atomic mass is 16.3. The van der Waals surface area contributed by atoms with Crippen LogP contribution in [0.25, 0.3) is 0 Å². The molecule has 0 saturated carbocycles.